The van der Waals surface area contributed by atoms with Crippen LogP contribution in [-0.4, -0.2) is 46.5 Å². The predicted octanol–water partition coefficient (Wildman–Crippen LogP) is 0.619. The van der Waals surface area contributed by atoms with Gasteiger partial charge in [0.15, 0.2) is 0 Å². The van der Waals surface area contributed by atoms with Gasteiger partial charge >= 0.3 is 0 Å². The summed E-state index contributed by atoms with van der Waals surface area (Å²) < 4.78 is 0. The Morgan fingerprint density at radius 3 is 2.95 bits per heavy atom. The van der Waals surface area contributed by atoms with Crippen LogP contribution < -0.4 is 10.6 Å². The van der Waals surface area contributed by atoms with Crippen LogP contribution in [0, 0.1) is 0 Å². The lowest BCUT2D eigenvalue weighted by molar-refractivity contribution is -0.119. The van der Waals surface area contributed by atoms with Crippen molar-refractivity contribution in [1.82, 2.24) is 20.2 Å². The normalized spacial score (nSPS) is 19.4. The van der Waals surface area contributed by atoms with Crippen LogP contribution in [0.15, 0.2) is 12.4 Å². The minimum absolute atomic E-state index is 0.0432. The van der Waals surface area contributed by atoms with Gasteiger partial charge in [-0.05, 0) is 13.3 Å². The van der Waals surface area contributed by atoms with Crippen molar-refractivity contribution in [3.8, 4) is 0 Å². The molecule has 0 aliphatic carbocycles. The number of anilines is 1. The molecule has 0 spiro atoms. The molecular weight excluding hydrogens is 242 g/mol. The number of likely N-dealkylation sites (tertiary alicyclic amines) is 1. The molecule has 1 saturated heterocycles. The van der Waals surface area contributed by atoms with Gasteiger partial charge in [-0.3, -0.25) is 14.7 Å². The predicted molar refractivity (Wildman–Crippen MR) is 73.7 cm³/mol. The molecule has 1 aromatic rings. The molecule has 2 rings (SSSR count). The second kappa shape index (κ2) is 6.47. The Bertz CT molecular complexity index is 420. The molecule has 0 radical (unpaired) electrons. The monoisotopic (exact) mass is 263 g/mol. The van der Waals surface area contributed by atoms with Crippen LogP contribution in [0.1, 0.15) is 26.0 Å². The zero-order valence-corrected chi connectivity index (χ0v) is 11.5. The van der Waals surface area contributed by atoms with E-state index in [-0.39, 0.29) is 11.9 Å². The van der Waals surface area contributed by atoms with Gasteiger partial charge in [0.2, 0.25) is 5.91 Å². The minimum Gasteiger partial charge on any atom is -0.369 e. The van der Waals surface area contributed by atoms with Gasteiger partial charge in [0.05, 0.1) is 18.1 Å². The van der Waals surface area contributed by atoms with Gasteiger partial charge in [-0.25, -0.2) is 4.98 Å². The zero-order valence-electron chi connectivity index (χ0n) is 11.5. The Kier molecular flexibility index (Phi) is 4.68. The van der Waals surface area contributed by atoms with E-state index < -0.39 is 0 Å². The third-order valence-corrected chi connectivity index (χ3v) is 3.13. The van der Waals surface area contributed by atoms with E-state index in [9.17, 15) is 4.79 Å². The third-order valence-electron chi connectivity index (χ3n) is 3.13. The molecular formula is C13H21N5O. The third kappa shape index (κ3) is 4.17. The van der Waals surface area contributed by atoms with E-state index in [1.54, 1.807) is 13.1 Å². The molecule has 2 heterocycles. The molecule has 1 aliphatic heterocycles. The van der Waals surface area contributed by atoms with Crippen LogP contribution in [-0.2, 0) is 11.3 Å². The highest BCUT2D eigenvalue weighted by atomic mass is 16.1. The Morgan fingerprint density at radius 2 is 2.32 bits per heavy atom. The van der Waals surface area contributed by atoms with Gasteiger partial charge in [-0.2, -0.15) is 0 Å². The molecule has 1 aliphatic rings. The van der Waals surface area contributed by atoms with E-state index >= 15 is 0 Å². The van der Waals surface area contributed by atoms with Gasteiger partial charge < -0.3 is 10.6 Å². The Morgan fingerprint density at radius 1 is 1.47 bits per heavy atom. The van der Waals surface area contributed by atoms with Crippen molar-refractivity contribution in [3.63, 3.8) is 0 Å². The summed E-state index contributed by atoms with van der Waals surface area (Å²) in [5.41, 5.74) is 0.963. The molecule has 0 bridgehead atoms. The van der Waals surface area contributed by atoms with Gasteiger partial charge in [0.25, 0.3) is 0 Å². The average Bonchev–Trinajstić information content (AvgIpc) is 2.78. The number of amides is 1. The summed E-state index contributed by atoms with van der Waals surface area (Å²) in [6, 6.07) is 0.270. The van der Waals surface area contributed by atoms with Gasteiger partial charge in [0, 0.05) is 39.1 Å². The lowest BCUT2D eigenvalue weighted by atomic mass is 10.2. The summed E-state index contributed by atoms with van der Waals surface area (Å²) in [7, 11) is 0. The average molecular weight is 263 g/mol. The van der Waals surface area contributed by atoms with E-state index in [2.05, 4.69) is 25.5 Å². The van der Waals surface area contributed by atoms with Crippen LogP contribution in [0.25, 0.3) is 0 Å². The van der Waals surface area contributed by atoms with Crippen molar-refractivity contribution in [2.24, 2.45) is 0 Å². The summed E-state index contributed by atoms with van der Waals surface area (Å²) in [5.74, 6) is 0.852. The van der Waals surface area contributed by atoms with Crippen LogP contribution >= 0.6 is 0 Å². The summed E-state index contributed by atoms with van der Waals surface area (Å²) in [6.45, 7) is 7.10. The molecule has 1 fully saturated rings. The molecule has 1 amide bonds. The van der Waals surface area contributed by atoms with Crippen LogP contribution in [0.5, 0.6) is 0 Å². The number of aromatic nitrogens is 2. The molecule has 6 heteroatoms. The summed E-state index contributed by atoms with van der Waals surface area (Å²) >= 11 is 0. The molecule has 1 aromatic heterocycles. The van der Waals surface area contributed by atoms with Crippen LogP contribution in [0.3, 0.4) is 0 Å². The quantitative estimate of drug-likeness (QED) is 0.815. The van der Waals surface area contributed by atoms with Gasteiger partial charge in [0.1, 0.15) is 5.82 Å². The molecule has 6 nitrogen and oxygen atoms in total. The standard InChI is InChI=1S/C13H21N5O/c1-3-14-13-7-15-12(6-16-13)9-18-5-4-11(8-18)17-10(2)19/h6-7,11H,3-5,8-9H2,1-2H3,(H,14,16)(H,17,19). The van der Waals surface area contributed by atoms with Crippen molar-refractivity contribution >= 4 is 11.7 Å². The molecule has 104 valence electrons. The highest BCUT2D eigenvalue weighted by molar-refractivity contribution is 5.73. The largest absolute Gasteiger partial charge is 0.369 e. The fraction of sp³-hybridized carbons (Fsp3) is 0.615. The number of carbonyl (C=O) groups is 1. The minimum atomic E-state index is 0.0432. The number of rotatable bonds is 5. The first kappa shape index (κ1) is 13.7. The molecule has 19 heavy (non-hydrogen) atoms. The Balaban J connectivity index is 1.83. The van der Waals surface area contributed by atoms with Gasteiger partial charge in [-0.15, -0.1) is 0 Å². The molecule has 2 N–H and O–H groups in total. The molecule has 0 saturated carbocycles. The first-order valence-corrected chi connectivity index (χ1v) is 6.71. The lowest BCUT2D eigenvalue weighted by Gasteiger charge is -2.15. The fourth-order valence-electron chi connectivity index (χ4n) is 2.32. The number of hydrogen-bond acceptors (Lipinski definition) is 5. The molecule has 0 aromatic carbocycles. The fourth-order valence-corrected chi connectivity index (χ4v) is 2.32. The summed E-state index contributed by atoms with van der Waals surface area (Å²) in [6.07, 6.45) is 4.58. The SMILES string of the molecule is CCNc1cnc(CN2CCC(NC(C)=O)C2)cn1. The van der Waals surface area contributed by atoms with Crippen molar-refractivity contribution in [1.29, 1.82) is 0 Å². The second-order valence-electron chi connectivity index (χ2n) is 4.84. The Labute approximate surface area is 113 Å². The summed E-state index contributed by atoms with van der Waals surface area (Å²) in [5, 5.41) is 6.08. The maximum atomic E-state index is 11.0. The maximum absolute atomic E-state index is 11.0. The van der Waals surface area contributed by atoms with Crippen molar-refractivity contribution in [3.05, 3.63) is 18.1 Å². The highest BCUT2D eigenvalue weighted by Gasteiger charge is 2.23. The van der Waals surface area contributed by atoms with E-state index in [1.165, 1.54) is 0 Å². The van der Waals surface area contributed by atoms with Gasteiger partial charge in [-0.1, -0.05) is 0 Å². The zero-order chi connectivity index (χ0) is 13.7. The number of hydrogen-bond donors (Lipinski definition) is 2. The Hall–Kier alpha value is -1.69. The van der Waals surface area contributed by atoms with Crippen molar-refractivity contribution in [2.45, 2.75) is 32.9 Å². The number of nitrogens with zero attached hydrogens (tertiary/aromatic N) is 3. The molecule has 1 atom stereocenters. The molecule has 1 unspecified atom stereocenters. The van der Waals surface area contributed by atoms with E-state index in [1.807, 2.05) is 13.1 Å². The first-order valence-electron chi connectivity index (χ1n) is 6.71. The van der Waals surface area contributed by atoms with Crippen molar-refractivity contribution in [2.75, 3.05) is 25.0 Å². The van der Waals surface area contributed by atoms with E-state index in [0.717, 1.165) is 44.1 Å². The number of nitrogens with one attached hydrogen (secondary N) is 2. The maximum Gasteiger partial charge on any atom is 0.217 e. The van der Waals surface area contributed by atoms with E-state index in [4.69, 9.17) is 0 Å². The smallest absolute Gasteiger partial charge is 0.217 e. The summed E-state index contributed by atoms with van der Waals surface area (Å²) in [4.78, 5) is 22.0. The lowest BCUT2D eigenvalue weighted by Crippen LogP contribution is -2.35. The first-order chi connectivity index (χ1) is 9.17. The number of carbonyl (C=O) groups excluding carboxylic acids is 1. The van der Waals surface area contributed by atoms with Crippen LogP contribution in [0.2, 0.25) is 0 Å². The van der Waals surface area contributed by atoms with Crippen LogP contribution in [0.4, 0.5) is 5.82 Å². The second-order valence-corrected chi connectivity index (χ2v) is 4.84. The highest BCUT2D eigenvalue weighted by Crippen LogP contribution is 2.12. The topological polar surface area (TPSA) is 70.2 Å². The van der Waals surface area contributed by atoms with Crippen molar-refractivity contribution < 1.29 is 4.79 Å². The van der Waals surface area contributed by atoms with E-state index in [0.29, 0.717) is 0 Å².